The minimum atomic E-state index is -0.675. The Bertz CT molecular complexity index is 714. The van der Waals surface area contributed by atoms with E-state index in [1.165, 1.54) is 18.2 Å². The third kappa shape index (κ3) is 2.51. The first kappa shape index (κ1) is 12.5. The molecule has 0 saturated heterocycles. The number of nitrogens with zero attached hydrogens (tertiary/aromatic N) is 3. The zero-order chi connectivity index (χ0) is 13.8. The molecule has 2 aromatic rings. The Morgan fingerprint density at radius 2 is 1.95 bits per heavy atom. The Morgan fingerprint density at radius 3 is 2.63 bits per heavy atom. The molecule has 0 N–H and O–H groups in total. The second-order valence-corrected chi connectivity index (χ2v) is 3.74. The van der Waals surface area contributed by atoms with Gasteiger partial charge >= 0.3 is 0 Å². The Balaban J connectivity index is 2.49. The summed E-state index contributed by atoms with van der Waals surface area (Å²) >= 11 is 0. The van der Waals surface area contributed by atoms with E-state index in [1.807, 2.05) is 6.07 Å². The molecule has 2 rings (SSSR count). The van der Waals surface area contributed by atoms with Crippen molar-refractivity contribution in [2.45, 2.75) is 6.92 Å². The Hall–Kier alpha value is -2.92. The third-order valence-corrected chi connectivity index (χ3v) is 2.41. The molecular weight excluding hydrogens is 245 g/mol. The summed E-state index contributed by atoms with van der Waals surface area (Å²) in [5.41, 5.74) is 0.664. The fourth-order valence-corrected chi connectivity index (χ4v) is 1.50. The van der Waals surface area contributed by atoms with E-state index < -0.39 is 5.82 Å². The van der Waals surface area contributed by atoms with Crippen LogP contribution in [0.4, 0.5) is 4.39 Å². The van der Waals surface area contributed by atoms with Gasteiger partial charge in [0.15, 0.2) is 0 Å². The molecule has 1 aromatic heterocycles. The van der Waals surface area contributed by atoms with Crippen molar-refractivity contribution >= 4 is 0 Å². The van der Waals surface area contributed by atoms with Crippen LogP contribution < -0.4 is 4.74 Å². The predicted octanol–water partition coefficient (Wildman–Crippen LogP) is 3.06. The van der Waals surface area contributed by atoms with Gasteiger partial charge in [0.2, 0.25) is 5.88 Å². The molecule has 0 aliphatic rings. The number of aromatic nitrogens is 1. The van der Waals surface area contributed by atoms with E-state index in [2.05, 4.69) is 4.98 Å². The fourth-order valence-electron chi connectivity index (χ4n) is 1.50. The summed E-state index contributed by atoms with van der Waals surface area (Å²) < 4.78 is 18.8. The molecule has 92 valence electrons. The van der Waals surface area contributed by atoms with Crippen LogP contribution in [0.15, 0.2) is 30.3 Å². The number of halogens is 1. The van der Waals surface area contributed by atoms with Gasteiger partial charge in [-0.15, -0.1) is 0 Å². The molecule has 0 unspecified atom stereocenters. The average Bonchev–Trinajstić information content (AvgIpc) is 2.39. The maximum absolute atomic E-state index is 13.4. The molecule has 0 radical (unpaired) electrons. The van der Waals surface area contributed by atoms with E-state index in [9.17, 15) is 4.39 Å². The quantitative estimate of drug-likeness (QED) is 0.824. The zero-order valence-corrected chi connectivity index (χ0v) is 10.0. The summed E-state index contributed by atoms with van der Waals surface area (Å²) in [6.45, 7) is 1.74. The molecule has 0 amide bonds. The molecule has 5 heteroatoms. The van der Waals surface area contributed by atoms with E-state index in [0.29, 0.717) is 5.69 Å². The van der Waals surface area contributed by atoms with Crippen molar-refractivity contribution < 1.29 is 9.13 Å². The van der Waals surface area contributed by atoms with E-state index in [4.69, 9.17) is 15.3 Å². The lowest BCUT2D eigenvalue weighted by Gasteiger charge is -2.08. The molecule has 0 fully saturated rings. The van der Waals surface area contributed by atoms with Gasteiger partial charge in [0.1, 0.15) is 34.8 Å². The summed E-state index contributed by atoms with van der Waals surface area (Å²) in [6.07, 6.45) is 0. The molecule has 1 aromatic carbocycles. The van der Waals surface area contributed by atoms with Gasteiger partial charge in [-0.05, 0) is 31.2 Å². The van der Waals surface area contributed by atoms with E-state index in [-0.39, 0.29) is 22.8 Å². The predicted molar refractivity (Wildman–Crippen MR) is 64.9 cm³/mol. The van der Waals surface area contributed by atoms with Crippen LogP contribution in [0.25, 0.3) is 0 Å². The molecule has 4 nitrogen and oxygen atoms in total. The summed E-state index contributed by atoms with van der Waals surface area (Å²) in [6, 6.07) is 10.9. The van der Waals surface area contributed by atoms with Gasteiger partial charge in [0.05, 0.1) is 0 Å². The number of hydrogen-bond donors (Lipinski definition) is 0. The SMILES string of the molecule is Cc1ccc(C#N)c(Oc2cccc(F)c2C#N)n1. The van der Waals surface area contributed by atoms with Gasteiger partial charge in [0.25, 0.3) is 0 Å². The minimum Gasteiger partial charge on any atom is -0.436 e. The highest BCUT2D eigenvalue weighted by Crippen LogP contribution is 2.27. The standard InChI is InChI=1S/C14H8FN3O/c1-9-5-6-10(7-16)14(18-9)19-13-4-2-3-12(15)11(13)8-17/h2-6H,1H3. The molecule has 1 heterocycles. The van der Waals surface area contributed by atoms with Gasteiger partial charge in [-0.1, -0.05) is 6.07 Å². The second-order valence-electron chi connectivity index (χ2n) is 3.74. The molecule has 19 heavy (non-hydrogen) atoms. The first-order valence-corrected chi connectivity index (χ1v) is 5.40. The maximum Gasteiger partial charge on any atom is 0.237 e. The van der Waals surface area contributed by atoms with Crippen LogP contribution >= 0.6 is 0 Å². The van der Waals surface area contributed by atoms with Crippen molar-refractivity contribution in [1.82, 2.24) is 4.98 Å². The fraction of sp³-hybridized carbons (Fsp3) is 0.0714. The Kier molecular flexibility index (Phi) is 3.40. The number of benzene rings is 1. The van der Waals surface area contributed by atoms with Crippen LogP contribution in [0.2, 0.25) is 0 Å². The topological polar surface area (TPSA) is 69.7 Å². The van der Waals surface area contributed by atoms with Gasteiger partial charge in [-0.3, -0.25) is 0 Å². The minimum absolute atomic E-state index is 0.0390. The summed E-state index contributed by atoms with van der Waals surface area (Å²) in [4.78, 5) is 4.07. The highest BCUT2D eigenvalue weighted by Gasteiger charge is 2.13. The van der Waals surface area contributed by atoms with Gasteiger partial charge in [-0.25, -0.2) is 9.37 Å². The van der Waals surface area contributed by atoms with Crippen LogP contribution in [-0.4, -0.2) is 4.98 Å². The Labute approximate surface area is 109 Å². The molecule has 0 saturated carbocycles. The summed E-state index contributed by atoms with van der Waals surface area (Å²) in [7, 11) is 0. The highest BCUT2D eigenvalue weighted by molar-refractivity contribution is 5.48. The summed E-state index contributed by atoms with van der Waals surface area (Å²) in [5, 5.41) is 17.9. The summed E-state index contributed by atoms with van der Waals surface area (Å²) in [5.74, 6) is -0.576. The molecular formula is C14H8FN3O. The first-order chi connectivity index (χ1) is 9.15. The molecule has 0 atom stereocenters. The molecule has 0 aliphatic carbocycles. The number of aryl methyl sites for hydroxylation is 1. The normalized spacial score (nSPS) is 9.47. The first-order valence-electron chi connectivity index (χ1n) is 5.40. The number of nitriles is 2. The van der Waals surface area contributed by atoms with Crippen molar-refractivity contribution in [1.29, 1.82) is 10.5 Å². The van der Waals surface area contributed by atoms with Gasteiger partial charge < -0.3 is 4.74 Å². The zero-order valence-electron chi connectivity index (χ0n) is 10.0. The number of ether oxygens (including phenoxy) is 1. The monoisotopic (exact) mass is 253 g/mol. The van der Waals surface area contributed by atoms with Gasteiger partial charge in [0, 0.05) is 5.69 Å². The Morgan fingerprint density at radius 1 is 1.16 bits per heavy atom. The van der Waals surface area contributed by atoms with Crippen LogP contribution in [-0.2, 0) is 0 Å². The lowest BCUT2D eigenvalue weighted by Crippen LogP contribution is -1.96. The van der Waals surface area contributed by atoms with Gasteiger partial charge in [-0.2, -0.15) is 10.5 Å². The van der Waals surface area contributed by atoms with E-state index >= 15 is 0 Å². The van der Waals surface area contributed by atoms with Crippen molar-refractivity contribution in [3.8, 4) is 23.8 Å². The van der Waals surface area contributed by atoms with E-state index in [1.54, 1.807) is 25.1 Å². The van der Waals surface area contributed by atoms with E-state index in [0.717, 1.165) is 0 Å². The average molecular weight is 253 g/mol. The lowest BCUT2D eigenvalue weighted by atomic mass is 10.2. The lowest BCUT2D eigenvalue weighted by molar-refractivity contribution is 0.453. The van der Waals surface area contributed by atoms with Crippen molar-refractivity contribution in [3.63, 3.8) is 0 Å². The number of pyridine rings is 1. The number of rotatable bonds is 2. The van der Waals surface area contributed by atoms with Crippen LogP contribution in [0.1, 0.15) is 16.8 Å². The van der Waals surface area contributed by atoms with Crippen LogP contribution in [0.3, 0.4) is 0 Å². The van der Waals surface area contributed by atoms with Crippen LogP contribution in [0.5, 0.6) is 11.6 Å². The van der Waals surface area contributed by atoms with Crippen molar-refractivity contribution in [2.24, 2.45) is 0 Å². The second kappa shape index (κ2) is 5.16. The largest absolute Gasteiger partial charge is 0.436 e. The third-order valence-electron chi connectivity index (χ3n) is 2.41. The smallest absolute Gasteiger partial charge is 0.237 e. The number of hydrogen-bond acceptors (Lipinski definition) is 4. The molecule has 0 spiro atoms. The maximum atomic E-state index is 13.4. The van der Waals surface area contributed by atoms with Crippen LogP contribution in [0, 0.1) is 35.4 Å². The highest BCUT2D eigenvalue weighted by atomic mass is 19.1. The molecule has 0 bridgehead atoms. The molecule has 0 aliphatic heterocycles. The van der Waals surface area contributed by atoms with Crippen molar-refractivity contribution in [3.05, 3.63) is 53.0 Å². The van der Waals surface area contributed by atoms with Crippen molar-refractivity contribution in [2.75, 3.05) is 0 Å².